The van der Waals surface area contributed by atoms with E-state index in [-0.39, 0.29) is 31.9 Å². The lowest BCUT2D eigenvalue weighted by Crippen LogP contribution is -2.45. The summed E-state index contributed by atoms with van der Waals surface area (Å²) in [5, 5.41) is 5.86. The molecule has 0 bridgehead atoms. The maximum absolute atomic E-state index is 14.1. The van der Waals surface area contributed by atoms with Crippen LogP contribution < -0.4 is 29.7 Å². The number of carbonyl (C=O) groups excluding carboxylic acids is 2. The normalized spacial score (nSPS) is 18.7. The van der Waals surface area contributed by atoms with Gasteiger partial charge in [0, 0.05) is 36.1 Å². The molecule has 1 aliphatic carbocycles. The van der Waals surface area contributed by atoms with Gasteiger partial charge in [-0.15, -0.1) is 0 Å². The van der Waals surface area contributed by atoms with Crippen molar-refractivity contribution in [1.29, 1.82) is 0 Å². The Labute approximate surface area is 230 Å². The number of nitrogens with one attached hydrogen (secondary N) is 2. The number of urea groups is 1. The van der Waals surface area contributed by atoms with Crippen LogP contribution in [-0.2, 0) is 16.6 Å². The third kappa shape index (κ3) is 3.25. The van der Waals surface area contributed by atoms with Gasteiger partial charge in [-0.05, 0) is 58.5 Å². The molecule has 2 N–H and O–H groups in total. The third-order valence-electron chi connectivity index (χ3n) is 8.32. The molecule has 3 heterocycles. The van der Waals surface area contributed by atoms with Crippen LogP contribution in [0.3, 0.4) is 0 Å². The molecule has 1 atom stereocenters. The average molecular weight is 532 g/mol. The fraction of sp³-hybridized carbons (Fsp3) is 0.188. The SMILES string of the molecule is O=C(NCCN1C(=O)C2(COc3cc4c(cc32)OCO4)c2ccccc21)Nc1ccc2c(c1)Cc1ccccc1-2. The van der Waals surface area contributed by atoms with Crippen LogP contribution in [0.5, 0.6) is 17.2 Å². The number of hydrogen-bond donors (Lipinski definition) is 2. The number of fused-ring (bicyclic) bond motifs is 8. The van der Waals surface area contributed by atoms with Gasteiger partial charge in [0.25, 0.3) is 0 Å². The second-order valence-corrected chi connectivity index (χ2v) is 10.5. The summed E-state index contributed by atoms with van der Waals surface area (Å²) in [5.41, 5.74) is 7.23. The summed E-state index contributed by atoms with van der Waals surface area (Å²) in [6.45, 7) is 0.958. The van der Waals surface area contributed by atoms with E-state index < -0.39 is 5.41 Å². The third-order valence-corrected chi connectivity index (χ3v) is 8.32. The summed E-state index contributed by atoms with van der Waals surface area (Å²) in [6, 6.07) is 25.5. The van der Waals surface area contributed by atoms with E-state index in [2.05, 4.69) is 34.9 Å². The highest BCUT2D eigenvalue weighted by Gasteiger charge is 2.57. The first-order chi connectivity index (χ1) is 19.6. The predicted molar refractivity (Wildman–Crippen MR) is 149 cm³/mol. The van der Waals surface area contributed by atoms with Gasteiger partial charge in [-0.3, -0.25) is 4.79 Å². The lowest BCUT2D eigenvalue weighted by molar-refractivity contribution is -0.122. The van der Waals surface area contributed by atoms with Gasteiger partial charge in [0.15, 0.2) is 11.5 Å². The molecular weight excluding hydrogens is 506 g/mol. The topological polar surface area (TPSA) is 89.1 Å². The molecule has 40 heavy (non-hydrogen) atoms. The Balaban J connectivity index is 0.980. The molecule has 8 heteroatoms. The maximum Gasteiger partial charge on any atom is 0.319 e. The van der Waals surface area contributed by atoms with E-state index in [1.165, 1.54) is 22.3 Å². The minimum absolute atomic E-state index is 0.0771. The molecule has 0 aromatic heterocycles. The van der Waals surface area contributed by atoms with Crippen molar-refractivity contribution < 1.29 is 23.8 Å². The van der Waals surface area contributed by atoms with Crippen LogP contribution in [0.25, 0.3) is 11.1 Å². The lowest BCUT2D eigenvalue weighted by atomic mass is 9.77. The molecule has 4 aromatic rings. The Morgan fingerprint density at radius 1 is 0.825 bits per heavy atom. The van der Waals surface area contributed by atoms with Crippen LogP contribution in [0.15, 0.2) is 78.9 Å². The summed E-state index contributed by atoms with van der Waals surface area (Å²) in [6.07, 6.45) is 0.857. The van der Waals surface area contributed by atoms with Crippen molar-refractivity contribution in [3.05, 3.63) is 101 Å². The minimum Gasteiger partial charge on any atom is -0.491 e. The van der Waals surface area contributed by atoms with Gasteiger partial charge < -0.3 is 29.7 Å². The molecule has 3 aliphatic heterocycles. The lowest BCUT2D eigenvalue weighted by Gasteiger charge is -2.23. The van der Waals surface area contributed by atoms with Crippen molar-refractivity contribution in [2.45, 2.75) is 11.8 Å². The van der Waals surface area contributed by atoms with Gasteiger partial charge in [0.1, 0.15) is 17.8 Å². The van der Waals surface area contributed by atoms with Crippen LogP contribution in [0.1, 0.15) is 22.3 Å². The van der Waals surface area contributed by atoms with Gasteiger partial charge in [-0.2, -0.15) is 0 Å². The Morgan fingerprint density at radius 3 is 2.55 bits per heavy atom. The summed E-state index contributed by atoms with van der Waals surface area (Å²) in [4.78, 5) is 28.6. The maximum atomic E-state index is 14.1. The first kappa shape index (κ1) is 23.0. The minimum atomic E-state index is -0.961. The highest BCUT2D eigenvalue weighted by molar-refractivity contribution is 6.11. The van der Waals surface area contributed by atoms with Gasteiger partial charge in [-0.1, -0.05) is 48.5 Å². The molecule has 3 amide bonds. The highest BCUT2D eigenvalue weighted by Crippen LogP contribution is 2.54. The molecular formula is C32H25N3O5. The zero-order chi connectivity index (χ0) is 26.8. The van der Waals surface area contributed by atoms with Crippen LogP contribution in [0.4, 0.5) is 16.2 Å². The van der Waals surface area contributed by atoms with E-state index >= 15 is 0 Å². The number of amides is 3. The number of ether oxygens (including phenoxy) is 3. The van der Waals surface area contributed by atoms with E-state index in [0.29, 0.717) is 23.8 Å². The standard InChI is InChI=1S/C32H25N3O5/c36-30-32(17-38-27-16-29-28(15-25(27)32)39-18-40-29)24-7-3-4-8-26(24)35(30)12-11-33-31(37)34-21-9-10-23-20(14-21)13-19-5-1-2-6-22(19)23/h1-10,14-16H,11-13,17-18H2,(H2,33,34,37). The molecule has 8 rings (SSSR count). The fourth-order valence-electron chi connectivity index (χ4n) is 6.47. The van der Waals surface area contributed by atoms with Gasteiger partial charge in [0.05, 0.1) is 0 Å². The van der Waals surface area contributed by atoms with Crippen molar-refractivity contribution in [1.82, 2.24) is 5.32 Å². The zero-order valence-corrected chi connectivity index (χ0v) is 21.5. The highest BCUT2D eigenvalue weighted by atomic mass is 16.7. The monoisotopic (exact) mass is 531 g/mol. The number of carbonyl (C=O) groups is 2. The second kappa shape index (κ2) is 8.51. The van der Waals surface area contributed by atoms with E-state index in [0.717, 1.165) is 28.9 Å². The Bertz CT molecular complexity index is 1730. The molecule has 0 saturated carbocycles. The summed E-state index contributed by atoms with van der Waals surface area (Å²) < 4.78 is 17.1. The van der Waals surface area contributed by atoms with Crippen LogP contribution in [0, 0.1) is 0 Å². The number of benzene rings is 4. The van der Waals surface area contributed by atoms with E-state index in [1.54, 1.807) is 11.0 Å². The van der Waals surface area contributed by atoms with Crippen molar-refractivity contribution >= 4 is 23.3 Å². The van der Waals surface area contributed by atoms with E-state index in [4.69, 9.17) is 14.2 Å². The van der Waals surface area contributed by atoms with E-state index in [9.17, 15) is 9.59 Å². The number of anilines is 2. The number of hydrogen-bond acceptors (Lipinski definition) is 5. The molecule has 0 fully saturated rings. The van der Waals surface area contributed by atoms with Crippen LogP contribution in [-0.4, -0.2) is 38.4 Å². The molecule has 198 valence electrons. The first-order valence-corrected chi connectivity index (χ1v) is 13.4. The van der Waals surface area contributed by atoms with Crippen molar-refractivity contribution in [2.24, 2.45) is 0 Å². The zero-order valence-electron chi connectivity index (χ0n) is 21.5. The summed E-state index contributed by atoms with van der Waals surface area (Å²) in [7, 11) is 0. The molecule has 0 saturated heterocycles. The predicted octanol–water partition coefficient (Wildman–Crippen LogP) is 4.83. The van der Waals surface area contributed by atoms with Gasteiger partial charge >= 0.3 is 6.03 Å². The average Bonchev–Trinajstić information content (AvgIpc) is 3.72. The summed E-state index contributed by atoms with van der Waals surface area (Å²) >= 11 is 0. The largest absolute Gasteiger partial charge is 0.491 e. The Hall–Kier alpha value is -4.98. The quantitative estimate of drug-likeness (QED) is 0.347. The van der Waals surface area contributed by atoms with Crippen molar-refractivity contribution in [3.8, 4) is 28.4 Å². The number of nitrogens with zero attached hydrogens (tertiary/aromatic N) is 1. The van der Waals surface area contributed by atoms with Gasteiger partial charge in [0.2, 0.25) is 12.7 Å². The number of para-hydroxylation sites is 1. The van der Waals surface area contributed by atoms with E-state index in [1.807, 2.05) is 48.5 Å². The first-order valence-electron chi connectivity index (χ1n) is 13.4. The fourth-order valence-corrected chi connectivity index (χ4v) is 6.47. The molecule has 4 aromatic carbocycles. The molecule has 1 spiro atoms. The Kier molecular flexibility index (Phi) is 4.88. The number of rotatable bonds is 4. The van der Waals surface area contributed by atoms with Crippen molar-refractivity contribution in [3.63, 3.8) is 0 Å². The summed E-state index contributed by atoms with van der Waals surface area (Å²) in [5.74, 6) is 1.78. The molecule has 0 radical (unpaired) electrons. The second-order valence-electron chi connectivity index (χ2n) is 10.5. The molecule has 1 unspecified atom stereocenters. The Morgan fingerprint density at radius 2 is 1.62 bits per heavy atom. The van der Waals surface area contributed by atoms with Crippen LogP contribution in [0.2, 0.25) is 0 Å². The molecule has 8 nitrogen and oxygen atoms in total. The smallest absolute Gasteiger partial charge is 0.319 e. The molecule has 4 aliphatic rings. The van der Waals surface area contributed by atoms with Crippen LogP contribution >= 0.6 is 0 Å². The van der Waals surface area contributed by atoms with Crippen molar-refractivity contribution in [2.75, 3.05) is 36.7 Å². The van der Waals surface area contributed by atoms with Gasteiger partial charge in [-0.25, -0.2) is 4.79 Å².